The standard InChI is InChI=1S/C20H22N2O3/c1-24-16-5-3-4-14(10-16)8-9-21-20(23)11-15-13-22-19-7-6-17(25-2)12-18(15)19/h3-7,10,12-13,22H,8-9,11H2,1-2H3,(H,21,23). The van der Waals surface area contributed by atoms with E-state index in [1.54, 1.807) is 14.2 Å². The Labute approximate surface area is 147 Å². The van der Waals surface area contributed by atoms with Crippen LogP contribution >= 0.6 is 0 Å². The van der Waals surface area contributed by atoms with Crippen molar-refractivity contribution >= 4 is 16.8 Å². The second-order valence-electron chi connectivity index (χ2n) is 5.85. The number of ether oxygens (including phenoxy) is 2. The molecule has 0 radical (unpaired) electrons. The van der Waals surface area contributed by atoms with Crippen LogP contribution in [0.5, 0.6) is 11.5 Å². The van der Waals surface area contributed by atoms with Gasteiger partial charge in [-0.05, 0) is 47.9 Å². The number of rotatable bonds is 7. The van der Waals surface area contributed by atoms with E-state index in [2.05, 4.69) is 10.3 Å². The molecule has 0 aliphatic carbocycles. The van der Waals surface area contributed by atoms with Crippen LogP contribution < -0.4 is 14.8 Å². The molecule has 25 heavy (non-hydrogen) atoms. The molecule has 0 unspecified atom stereocenters. The van der Waals surface area contributed by atoms with Gasteiger partial charge in [-0.2, -0.15) is 0 Å². The zero-order valence-corrected chi connectivity index (χ0v) is 14.5. The molecule has 2 aromatic carbocycles. The zero-order valence-electron chi connectivity index (χ0n) is 14.5. The van der Waals surface area contributed by atoms with Crippen molar-refractivity contribution in [2.75, 3.05) is 20.8 Å². The third-order valence-corrected chi connectivity index (χ3v) is 4.20. The quantitative estimate of drug-likeness (QED) is 0.696. The minimum atomic E-state index is 0.00613. The molecule has 0 aliphatic rings. The predicted octanol–water partition coefficient (Wildman–Crippen LogP) is 3.09. The Morgan fingerprint density at radius 2 is 1.88 bits per heavy atom. The summed E-state index contributed by atoms with van der Waals surface area (Å²) in [7, 11) is 3.29. The highest BCUT2D eigenvalue weighted by Crippen LogP contribution is 2.23. The average Bonchev–Trinajstić information content (AvgIpc) is 3.03. The van der Waals surface area contributed by atoms with Crippen molar-refractivity contribution in [3.63, 3.8) is 0 Å². The second kappa shape index (κ2) is 7.75. The van der Waals surface area contributed by atoms with Crippen LogP contribution in [0.4, 0.5) is 0 Å². The summed E-state index contributed by atoms with van der Waals surface area (Å²) in [4.78, 5) is 15.4. The van der Waals surface area contributed by atoms with Crippen molar-refractivity contribution < 1.29 is 14.3 Å². The molecule has 0 spiro atoms. The lowest BCUT2D eigenvalue weighted by Gasteiger charge is -2.07. The summed E-state index contributed by atoms with van der Waals surface area (Å²) in [5.41, 5.74) is 3.10. The van der Waals surface area contributed by atoms with Gasteiger partial charge in [0.25, 0.3) is 0 Å². The maximum atomic E-state index is 12.2. The van der Waals surface area contributed by atoms with Gasteiger partial charge >= 0.3 is 0 Å². The Morgan fingerprint density at radius 3 is 2.68 bits per heavy atom. The molecule has 5 nitrogen and oxygen atoms in total. The van der Waals surface area contributed by atoms with Crippen molar-refractivity contribution in [3.05, 3.63) is 59.8 Å². The molecular formula is C20H22N2O3. The number of aromatic nitrogens is 1. The van der Waals surface area contributed by atoms with E-state index in [1.165, 1.54) is 0 Å². The largest absolute Gasteiger partial charge is 0.497 e. The summed E-state index contributed by atoms with van der Waals surface area (Å²) in [5.74, 6) is 1.62. The van der Waals surface area contributed by atoms with Crippen LogP contribution in [0.2, 0.25) is 0 Å². The lowest BCUT2D eigenvalue weighted by Crippen LogP contribution is -2.27. The SMILES string of the molecule is COc1cccc(CCNC(=O)Cc2c[nH]c3ccc(OC)cc23)c1. The minimum absolute atomic E-state index is 0.00613. The zero-order chi connectivity index (χ0) is 17.6. The Hall–Kier alpha value is -2.95. The van der Waals surface area contributed by atoms with Crippen LogP contribution in [0.1, 0.15) is 11.1 Å². The van der Waals surface area contributed by atoms with E-state index in [4.69, 9.17) is 9.47 Å². The van der Waals surface area contributed by atoms with Gasteiger partial charge in [-0.1, -0.05) is 12.1 Å². The molecule has 0 bridgehead atoms. The van der Waals surface area contributed by atoms with Crippen LogP contribution in [0.25, 0.3) is 10.9 Å². The van der Waals surface area contributed by atoms with Gasteiger partial charge in [0.1, 0.15) is 11.5 Å². The number of carbonyl (C=O) groups is 1. The van der Waals surface area contributed by atoms with E-state index in [0.29, 0.717) is 13.0 Å². The Kier molecular flexibility index (Phi) is 5.23. The number of fused-ring (bicyclic) bond motifs is 1. The monoisotopic (exact) mass is 338 g/mol. The molecule has 130 valence electrons. The lowest BCUT2D eigenvalue weighted by atomic mass is 10.1. The first kappa shape index (κ1) is 16.9. The summed E-state index contributed by atoms with van der Waals surface area (Å²) in [6, 6.07) is 13.7. The summed E-state index contributed by atoms with van der Waals surface area (Å²) < 4.78 is 10.5. The van der Waals surface area contributed by atoms with Crippen LogP contribution in [-0.2, 0) is 17.6 Å². The van der Waals surface area contributed by atoms with Crippen molar-refractivity contribution in [3.8, 4) is 11.5 Å². The lowest BCUT2D eigenvalue weighted by molar-refractivity contribution is -0.120. The number of amides is 1. The maximum absolute atomic E-state index is 12.2. The third-order valence-electron chi connectivity index (χ3n) is 4.20. The molecule has 0 atom stereocenters. The first-order chi connectivity index (χ1) is 12.2. The summed E-state index contributed by atoms with van der Waals surface area (Å²) in [6.45, 7) is 0.595. The topological polar surface area (TPSA) is 63.3 Å². The Bertz CT molecular complexity index is 870. The summed E-state index contributed by atoms with van der Waals surface area (Å²) in [6.07, 6.45) is 2.99. The third kappa shape index (κ3) is 4.12. The van der Waals surface area contributed by atoms with Crippen LogP contribution in [0.3, 0.4) is 0 Å². The summed E-state index contributed by atoms with van der Waals surface area (Å²) in [5, 5.41) is 3.99. The highest BCUT2D eigenvalue weighted by atomic mass is 16.5. The van der Waals surface area contributed by atoms with E-state index >= 15 is 0 Å². The fourth-order valence-corrected chi connectivity index (χ4v) is 2.84. The molecule has 3 rings (SSSR count). The first-order valence-corrected chi connectivity index (χ1v) is 8.23. The molecule has 0 saturated heterocycles. The Morgan fingerprint density at radius 1 is 1.08 bits per heavy atom. The maximum Gasteiger partial charge on any atom is 0.224 e. The fourth-order valence-electron chi connectivity index (χ4n) is 2.84. The number of benzene rings is 2. The molecule has 0 saturated carbocycles. The van der Waals surface area contributed by atoms with Gasteiger partial charge in [0.2, 0.25) is 5.91 Å². The van der Waals surface area contributed by atoms with Crippen LogP contribution in [-0.4, -0.2) is 31.7 Å². The van der Waals surface area contributed by atoms with Crippen molar-refractivity contribution in [1.82, 2.24) is 10.3 Å². The number of aromatic amines is 1. The predicted molar refractivity (Wildman–Crippen MR) is 98.3 cm³/mol. The normalized spacial score (nSPS) is 10.6. The molecular weight excluding hydrogens is 316 g/mol. The van der Waals surface area contributed by atoms with Crippen molar-refractivity contribution in [2.24, 2.45) is 0 Å². The first-order valence-electron chi connectivity index (χ1n) is 8.23. The molecule has 0 fully saturated rings. The van der Waals surface area contributed by atoms with Crippen LogP contribution in [0, 0.1) is 0 Å². The van der Waals surface area contributed by atoms with Gasteiger partial charge in [0, 0.05) is 23.6 Å². The smallest absolute Gasteiger partial charge is 0.224 e. The molecule has 1 amide bonds. The number of hydrogen-bond acceptors (Lipinski definition) is 3. The molecule has 3 aromatic rings. The number of hydrogen-bond donors (Lipinski definition) is 2. The van der Waals surface area contributed by atoms with E-state index in [9.17, 15) is 4.79 Å². The summed E-state index contributed by atoms with van der Waals surface area (Å²) >= 11 is 0. The van der Waals surface area contributed by atoms with Gasteiger partial charge in [-0.3, -0.25) is 4.79 Å². The molecule has 0 aliphatic heterocycles. The highest BCUT2D eigenvalue weighted by Gasteiger charge is 2.09. The number of nitrogens with one attached hydrogen (secondary N) is 2. The van der Waals surface area contributed by atoms with Gasteiger partial charge in [0.15, 0.2) is 0 Å². The van der Waals surface area contributed by atoms with Gasteiger partial charge in [-0.15, -0.1) is 0 Å². The molecule has 1 heterocycles. The Balaban J connectivity index is 1.57. The average molecular weight is 338 g/mol. The van der Waals surface area contributed by atoms with E-state index in [1.807, 2.05) is 48.7 Å². The number of H-pyrrole nitrogens is 1. The molecule has 1 aromatic heterocycles. The van der Waals surface area contributed by atoms with E-state index in [-0.39, 0.29) is 5.91 Å². The van der Waals surface area contributed by atoms with Gasteiger partial charge < -0.3 is 19.8 Å². The molecule has 2 N–H and O–H groups in total. The highest BCUT2D eigenvalue weighted by molar-refractivity contribution is 5.89. The van der Waals surface area contributed by atoms with Crippen molar-refractivity contribution in [2.45, 2.75) is 12.8 Å². The fraction of sp³-hybridized carbons (Fsp3) is 0.250. The minimum Gasteiger partial charge on any atom is -0.497 e. The van der Waals surface area contributed by atoms with Gasteiger partial charge in [-0.25, -0.2) is 0 Å². The van der Waals surface area contributed by atoms with Crippen molar-refractivity contribution in [1.29, 1.82) is 0 Å². The second-order valence-corrected chi connectivity index (χ2v) is 5.85. The number of methoxy groups -OCH3 is 2. The van der Waals surface area contributed by atoms with E-state index < -0.39 is 0 Å². The van der Waals surface area contributed by atoms with Crippen LogP contribution in [0.15, 0.2) is 48.7 Å². The van der Waals surface area contributed by atoms with E-state index in [0.717, 1.165) is 39.9 Å². The number of carbonyl (C=O) groups excluding carboxylic acids is 1. The van der Waals surface area contributed by atoms with Gasteiger partial charge in [0.05, 0.1) is 20.6 Å². The molecule has 5 heteroatoms.